The van der Waals surface area contributed by atoms with E-state index < -0.39 is 5.97 Å². The fourth-order valence-electron chi connectivity index (χ4n) is 3.63. The maximum absolute atomic E-state index is 13.3. The summed E-state index contributed by atoms with van der Waals surface area (Å²) in [5, 5.41) is 9.53. The van der Waals surface area contributed by atoms with E-state index in [2.05, 4.69) is 31.9 Å². The maximum atomic E-state index is 13.3. The van der Waals surface area contributed by atoms with Crippen LogP contribution in [0.2, 0.25) is 0 Å². The van der Waals surface area contributed by atoms with Gasteiger partial charge in [-0.3, -0.25) is 0 Å². The zero-order valence-corrected chi connectivity index (χ0v) is 21.2. The molecule has 7 heteroatoms. The summed E-state index contributed by atoms with van der Waals surface area (Å²) in [5.41, 5.74) is 3.40. The van der Waals surface area contributed by atoms with Crippen molar-refractivity contribution in [3.05, 3.63) is 110 Å². The first-order valence-electron chi connectivity index (χ1n) is 10.3. The Labute approximate surface area is 213 Å². The Morgan fingerprint density at radius 1 is 0.941 bits per heavy atom. The molecule has 0 aliphatic carbocycles. The van der Waals surface area contributed by atoms with Gasteiger partial charge < -0.3 is 14.6 Å². The Bertz CT molecular complexity index is 1330. The summed E-state index contributed by atoms with van der Waals surface area (Å²) in [4.78, 5) is 11.6. The van der Waals surface area contributed by atoms with Crippen molar-refractivity contribution in [2.24, 2.45) is 0 Å². The smallest absolute Gasteiger partial charge is 0.336 e. The number of carboxylic acid groups (broad SMARTS) is 1. The average molecular weight is 586 g/mol. The number of ether oxygens (including phenoxy) is 2. The fourth-order valence-corrected chi connectivity index (χ4v) is 4.98. The number of benzene rings is 4. The molecule has 0 saturated heterocycles. The van der Waals surface area contributed by atoms with Crippen molar-refractivity contribution in [2.75, 3.05) is 7.11 Å². The number of methoxy groups -OCH3 is 1. The molecule has 172 valence electrons. The Balaban J connectivity index is 1.65. The third kappa shape index (κ3) is 5.32. The molecule has 0 atom stereocenters. The van der Waals surface area contributed by atoms with Crippen LogP contribution in [0.1, 0.15) is 21.5 Å². The zero-order valence-electron chi connectivity index (χ0n) is 18.0. The van der Waals surface area contributed by atoms with Crippen LogP contribution >= 0.6 is 31.9 Å². The molecule has 0 amide bonds. The summed E-state index contributed by atoms with van der Waals surface area (Å²) in [6, 6.07) is 22.3. The molecule has 0 radical (unpaired) electrons. The minimum absolute atomic E-state index is 0.218. The lowest BCUT2D eigenvalue weighted by Gasteiger charge is -2.15. The lowest BCUT2D eigenvalue weighted by Crippen LogP contribution is -1.99. The third-order valence-electron chi connectivity index (χ3n) is 5.25. The van der Waals surface area contributed by atoms with Crippen LogP contribution in [0.15, 0.2) is 87.8 Å². The van der Waals surface area contributed by atoms with Crippen LogP contribution in [0, 0.1) is 5.82 Å². The van der Waals surface area contributed by atoms with Crippen molar-refractivity contribution in [3.63, 3.8) is 0 Å². The van der Waals surface area contributed by atoms with Gasteiger partial charge in [0.05, 0.1) is 21.6 Å². The Morgan fingerprint density at radius 3 is 2.26 bits per heavy atom. The van der Waals surface area contributed by atoms with E-state index in [9.17, 15) is 14.3 Å². The molecular formula is C27H19Br2FO4. The standard InChI is InChI=1S/C27H19Br2FO4/c1-33-25-11-10-20(13-18(25)12-16-6-8-19(30)9-7-16)34-26-23(28)14-17(15-24(26)29)21-4-2-3-5-22(21)27(31)32/h2-11,13-15H,12H2,1H3,(H,31,32). The molecule has 34 heavy (non-hydrogen) atoms. The summed E-state index contributed by atoms with van der Waals surface area (Å²) in [6.07, 6.45) is 0.550. The highest BCUT2D eigenvalue weighted by molar-refractivity contribution is 9.11. The lowest BCUT2D eigenvalue weighted by molar-refractivity contribution is 0.0697. The highest BCUT2D eigenvalue weighted by Gasteiger charge is 2.16. The van der Waals surface area contributed by atoms with Gasteiger partial charge in [0.15, 0.2) is 5.75 Å². The minimum atomic E-state index is -0.991. The molecule has 0 unspecified atom stereocenters. The van der Waals surface area contributed by atoms with Gasteiger partial charge >= 0.3 is 5.97 Å². The van der Waals surface area contributed by atoms with Gasteiger partial charge in [-0.15, -0.1) is 0 Å². The first kappa shape index (κ1) is 24.0. The quantitative estimate of drug-likeness (QED) is 0.238. The minimum Gasteiger partial charge on any atom is -0.496 e. The third-order valence-corrected chi connectivity index (χ3v) is 6.42. The molecule has 0 saturated carbocycles. The van der Waals surface area contributed by atoms with Gasteiger partial charge in [-0.25, -0.2) is 9.18 Å². The van der Waals surface area contributed by atoms with Gasteiger partial charge in [0, 0.05) is 12.0 Å². The second kappa shape index (κ2) is 10.4. The number of rotatable bonds is 7. The van der Waals surface area contributed by atoms with Crippen LogP contribution in [-0.4, -0.2) is 18.2 Å². The molecule has 0 fully saturated rings. The van der Waals surface area contributed by atoms with E-state index in [0.717, 1.165) is 16.7 Å². The summed E-state index contributed by atoms with van der Waals surface area (Å²) in [7, 11) is 1.60. The number of carboxylic acids is 1. The van der Waals surface area contributed by atoms with E-state index in [1.165, 1.54) is 12.1 Å². The van der Waals surface area contributed by atoms with E-state index in [1.807, 2.05) is 24.3 Å². The van der Waals surface area contributed by atoms with Crippen molar-refractivity contribution < 1.29 is 23.8 Å². The van der Waals surface area contributed by atoms with Gasteiger partial charge in [-0.05, 0) is 97.1 Å². The Hall–Kier alpha value is -3.16. The fraction of sp³-hybridized carbons (Fsp3) is 0.0741. The molecular weight excluding hydrogens is 567 g/mol. The number of aromatic carboxylic acids is 1. The van der Waals surface area contributed by atoms with E-state index in [0.29, 0.717) is 38.2 Å². The molecule has 0 bridgehead atoms. The van der Waals surface area contributed by atoms with Gasteiger partial charge in [0.1, 0.15) is 17.3 Å². The molecule has 4 aromatic rings. The van der Waals surface area contributed by atoms with Crippen molar-refractivity contribution in [1.82, 2.24) is 0 Å². The zero-order chi connectivity index (χ0) is 24.2. The highest BCUT2D eigenvalue weighted by atomic mass is 79.9. The summed E-state index contributed by atoms with van der Waals surface area (Å²) < 4.78 is 26.3. The largest absolute Gasteiger partial charge is 0.496 e. The molecule has 1 N–H and O–H groups in total. The van der Waals surface area contributed by atoms with Crippen LogP contribution in [0.5, 0.6) is 17.2 Å². The second-order valence-corrected chi connectivity index (χ2v) is 9.21. The van der Waals surface area contributed by atoms with Gasteiger partial charge in [0.25, 0.3) is 0 Å². The lowest BCUT2D eigenvalue weighted by atomic mass is 10.00. The topological polar surface area (TPSA) is 55.8 Å². The highest BCUT2D eigenvalue weighted by Crippen LogP contribution is 2.41. The van der Waals surface area contributed by atoms with Gasteiger partial charge in [0.2, 0.25) is 0 Å². The summed E-state index contributed by atoms with van der Waals surface area (Å²) in [6.45, 7) is 0. The molecule has 0 spiro atoms. The average Bonchev–Trinajstić information content (AvgIpc) is 2.83. The summed E-state index contributed by atoms with van der Waals surface area (Å²) in [5.74, 6) is 0.579. The van der Waals surface area contributed by atoms with Crippen LogP contribution in [-0.2, 0) is 6.42 Å². The van der Waals surface area contributed by atoms with E-state index in [4.69, 9.17) is 9.47 Å². The predicted octanol–water partition coefficient (Wildman–Crippen LogP) is 8.11. The number of carbonyl (C=O) groups is 1. The van der Waals surface area contributed by atoms with Gasteiger partial charge in [-0.2, -0.15) is 0 Å². The van der Waals surface area contributed by atoms with Crippen molar-refractivity contribution in [1.29, 1.82) is 0 Å². The normalized spacial score (nSPS) is 10.7. The second-order valence-electron chi connectivity index (χ2n) is 7.50. The van der Waals surface area contributed by atoms with Crippen LogP contribution in [0.25, 0.3) is 11.1 Å². The van der Waals surface area contributed by atoms with Crippen molar-refractivity contribution in [2.45, 2.75) is 6.42 Å². The summed E-state index contributed by atoms with van der Waals surface area (Å²) >= 11 is 7.12. The van der Waals surface area contributed by atoms with Crippen LogP contribution < -0.4 is 9.47 Å². The molecule has 0 aromatic heterocycles. The van der Waals surface area contributed by atoms with Gasteiger partial charge in [-0.1, -0.05) is 30.3 Å². The number of halogens is 3. The van der Waals surface area contributed by atoms with E-state index in [1.54, 1.807) is 49.6 Å². The predicted molar refractivity (Wildman–Crippen MR) is 137 cm³/mol. The molecule has 0 aliphatic rings. The molecule has 4 aromatic carbocycles. The van der Waals surface area contributed by atoms with Crippen molar-refractivity contribution >= 4 is 37.8 Å². The molecule has 4 nitrogen and oxygen atoms in total. The van der Waals surface area contributed by atoms with E-state index in [-0.39, 0.29) is 11.4 Å². The molecule has 0 aliphatic heterocycles. The number of hydrogen-bond acceptors (Lipinski definition) is 3. The van der Waals surface area contributed by atoms with Crippen LogP contribution in [0.3, 0.4) is 0 Å². The maximum Gasteiger partial charge on any atom is 0.336 e. The Kier molecular flexibility index (Phi) is 7.34. The molecule has 4 rings (SSSR count). The Morgan fingerprint density at radius 2 is 1.62 bits per heavy atom. The monoisotopic (exact) mass is 584 g/mol. The first-order valence-corrected chi connectivity index (χ1v) is 11.8. The SMILES string of the molecule is COc1ccc(Oc2c(Br)cc(-c3ccccc3C(=O)O)cc2Br)cc1Cc1ccc(F)cc1. The van der Waals surface area contributed by atoms with E-state index >= 15 is 0 Å². The van der Waals surface area contributed by atoms with Crippen LogP contribution in [0.4, 0.5) is 4.39 Å². The van der Waals surface area contributed by atoms with Crippen molar-refractivity contribution in [3.8, 4) is 28.4 Å². The molecule has 0 heterocycles. The first-order chi connectivity index (χ1) is 16.4. The number of hydrogen-bond donors (Lipinski definition) is 1.